The van der Waals surface area contributed by atoms with Crippen molar-refractivity contribution in [3.05, 3.63) is 72.1 Å². The molecule has 5 aromatic rings. The zero-order chi connectivity index (χ0) is 21.5. The van der Waals surface area contributed by atoms with Crippen LogP contribution >= 0.6 is 0 Å². The number of pyridine rings is 1. The van der Waals surface area contributed by atoms with Crippen LogP contribution < -0.4 is 15.0 Å². The predicted molar refractivity (Wildman–Crippen MR) is 122 cm³/mol. The highest BCUT2D eigenvalue weighted by Gasteiger charge is 2.26. The number of methoxy groups -OCH3 is 1. The Morgan fingerprint density at radius 3 is 2.91 bits per heavy atom. The van der Waals surface area contributed by atoms with Gasteiger partial charge < -0.3 is 19.5 Å². The molecule has 6 rings (SSSR count). The van der Waals surface area contributed by atoms with Crippen molar-refractivity contribution in [2.24, 2.45) is 0 Å². The van der Waals surface area contributed by atoms with Crippen LogP contribution in [0.2, 0.25) is 0 Å². The van der Waals surface area contributed by atoms with Gasteiger partial charge in [-0.15, -0.1) is 0 Å². The number of ether oxygens (including phenoxy) is 1. The second kappa shape index (κ2) is 7.49. The average molecular weight is 424 g/mol. The second-order valence-corrected chi connectivity index (χ2v) is 7.69. The molecule has 8 heteroatoms. The van der Waals surface area contributed by atoms with Gasteiger partial charge in [0.25, 0.3) is 5.88 Å². The molecule has 0 saturated heterocycles. The summed E-state index contributed by atoms with van der Waals surface area (Å²) in [5, 5.41) is 9.53. The smallest absolute Gasteiger partial charge is 0.257 e. The molecule has 0 fully saturated rings. The lowest BCUT2D eigenvalue weighted by atomic mass is 10.1. The van der Waals surface area contributed by atoms with Gasteiger partial charge in [0, 0.05) is 29.2 Å². The van der Waals surface area contributed by atoms with Gasteiger partial charge in [-0.25, -0.2) is 4.98 Å². The Hall–Kier alpha value is -4.20. The zero-order valence-electron chi connectivity index (χ0n) is 17.4. The molecule has 8 nitrogen and oxygen atoms in total. The molecule has 0 bridgehead atoms. The van der Waals surface area contributed by atoms with Crippen LogP contribution in [0.1, 0.15) is 11.3 Å². The van der Waals surface area contributed by atoms with Crippen molar-refractivity contribution in [3.63, 3.8) is 0 Å². The maximum Gasteiger partial charge on any atom is 0.257 e. The first-order valence-electron chi connectivity index (χ1n) is 10.4. The fourth-order valence-corrected chi connectivity index (χ4v) is 4.12. The molecule has 1 aliphatic heterocycles. The van der Waals surface area contributed by atoms with Crippen LogP contribution in [0.3, 0.4) is 0 Å². The molecule has 0 radical (unpaired) electrons. The number of para-hydroxylation sites is 1. The molecule has 2 aromatic carbocycles. The molecule has 0 aliphatic carbocycles. The van der Waals surface area contributed by atoms with Gasteiger partial charge in [0.15, 0.2) is 5.76 Å². The van der Waals surface area contributed by atoms with Crippen molar-refractivity contribution in [1.82, 2.24) is 20.1 Å². The van der Waals surface area contributed by atoms with Crippen molar-refractivity contribution in [2.45, 2.75) is 13.0 Å². The number of nitrogens with zero attached hydrogens (tertiary/aromatic N) is 5. The monoisotopic (exact) mass is 424 g/mol. The van der Waals surface area contributed by atoms with Gasteiger partial charge in [0.1, 0.15) is 5.82 Å². The lowest BCUT2D eigenvalue weighted by Crippen LogP contribution is -2.31. The van der Waals surface area contributed by atoms with E-state index >= 15 is 0 Å². The third-order valence-corrected chi connectivity index (χ3v) is 5.73. The number of anilines is 3. The van der Waals surface area contributed by atoms with Gasteiger partial charge in [-0.2, -0.15) is 4.98 Å². The Balaban J connectivity index is 1.38. The first-order chi connectivity index (χ1) is 15.8. The van der Waals surface area contributed by atoms with Crippen LogP contribution in [-0.4, -0.2) is 33.8 Å². The molecular weight excluding hydrogens is 404 g/mol. The normalized spacial score (nSPS) is 13.3. The van der Waals surface area contributed by atoms with Crippen molar-refractivity contribution in [2.75, 3.05) is 23.9 Å². The van der Waals surface area contributed by atoms with E-state index in [0.29, 0.717) is 18.4 Å². The SMILES string of the molecule is COc1noc2c1CCN(c1nc(Nc3ccc4ncccc4c3)c3ccccc3n1)C2. The zero-order valence-corrected chi connectivity index (χ0v) is 17.4. The van der Waals surface area contributed by atoms with Gasteiger partial charge in [-0.05, 0) is 48.0 Å². The number of hydrogen-bond donors (Lipinski definition) is 1. The van der Waals surface area contributed by atoms with E-state index in [1.165, 1.54) is 0 Å². The van der Waals surface area contributed by atoms with Crippen LogP contribution in [0, 0.1) is 0 Å². The van der Waals surface area contributed by atoms with Gasteiger partial charge >= 0.3 is 0 Å². The molecule has 0 atom stereocenters. The van der Waals surface area contributed by atoms with Crippen molar-refractivity contribution in [3.8, 4) is 5.88 Å². The van der Waals surface area contributed by atoms with Gasteiger partial charge in [-0.1, -0.05) is 18.2 Å². The minimum atomic E-state index is 0.547. The second-order valence-electron chi connectivity index (χ2n) is 7.69. The number of benzene rings is 2. The van der Waals surface area contributed by atoms with Crippen molar-refractivity contribution in [1.29, 1.82) is 0 Å². The third kappa shape index (κ3) is 3.17. The maximum atomic E-state index is 5.49. The summed E-state index contributed by atoms with van der Waals surface area (Å²) in [5.74, 6) is 2.76. The van der Waals surface area contributed by atoms with Crippen LogP contribution in [0.15, 0.2) is 65.3 Å². The Labute approximate surface area is 183 Å². The summed E-state index contributed by atoms with van der Waals surface area (Å²) in [4.78, 5) is 16.2. The van der Waals surface area contributed by atoms with E-state index in [-0.39, 0.29) is 0 Å². The highest BCUT2D eigenvalue weighted by Crippen LogP contribution is 2.32. The van der Waals surface area contributed by atoms with E-state index in [0.717, 1.165) is 57.6 Å². The Morgan fingerprint density at radius 1 is 1.03 bits per heavy atom. The summed E-state index contributed by atoms with van der Waals surface area (Å²) in [5.41, 5.74) is 3.80. The van der Waals surface area contributed by atoms with Crippen LogP contribution in [0.4, 0.5) is 17.5 Å². The molecule has 1 aliphatic rings. The predicted octanol–water partition coefficient (Wildman–Crippen LogP) is 4.48. The molecule has 158 valence electrons. The maximum absolute atomic E-state index is 5.49. The Bertz CT molecular complexity index is 1450. The van der Waals surface area contributed by atoms with Crippen molar-refractivity contribution >= 4 is 39.3 Å². The topological polar surface area (TPSA) is 89.2 Å². The molecule has 4 heterocycles. The largest absolute Gasteiger partial charge is 0.479 e. The lowest BCUT2D eigenvalue weighted by Gasteiger charge is -2.26. The summed E-state index contributed by atoms with van der Waals surface area (Å²) in [6.45, 7) is 1.30. The summed E-state index contributed by atoms with van der Waals surface area (Å²) in [7, 11) is 1.61. The van der Waals surface area contributed by atoms with Crippen LogP contribution in [0.5, 0.6) is 5.88 Å². The summed E-state index contributed by atoms with van der Waals surface area (Å²) >= 11 is 0. The molecule has 3 aromatic heterocycles. The standard InChI is InChI=1S/C24H20N6O2/c1-31-23-18-10-12-30(14-21(18)32-29-23)24-27-20-7-3-2-6-17(20)22(28-24)26-16-8-9-19-15(13-16)5-4-11-25-19/h2-9,11,13H,10,12,14H2,1H3,(H,26,27,28). The number of fused-ring (bicyclic) bond motifs is 3. The highest BCUT2D eigenvalue weighted by molar-refractivity contribution is 5.93. The third-order valence-electron chi connectivity index (χ3n) is 5.73. The molecule has 0 spiro atoms. The number of aromatic nitrogens is 4. The highest BCUT2D eigenvalue weighted by atomic mass is 16.5. The molecule has 32 heavy (non-hydrogen) atoms. The molecule has 1 N–H and O–H groups in total. The lowest BCUT2D eigenvalue weighted by molar-refractivity contribution is 0.326. The quantitative estimate of drug-likeness (QED) is 0.452. The van der Waals surface area contributed by atoms with Crippen LogP contribution in [-0.2, 0) is 13.0 Å². The van der Waals surface area contributed by atoms with E-state index in [4.69, 9.17) is 19.2 Å². The van der Waals surface area contributed by atoms with Crippen LogP contribution in [0.25, 0.3) is 21.8 Å². The first-order valence-corrected chi connectivity index (χ1v) is 10.4. The van der Waals surface area contributed by atoms with E-state index in [9.17, 15) is 0 Å². The van der Waals surface area contributed by atoms with Crippen molar-refractivity contribution < 1.29 is 9.26 Å². The summed E-state index contributed by atoms with van der Waals surface area (Å²) in [6, 6.07) is 18.1. The number of rotatable bonds is 4. The first kappa shape index (κ1) is 18.6. The van der Waals surface area contributed by atoms with E-state index in [1.54, 1.807) is 13.3 Å². The van der Waals surface area contributed by atoms with Gasteiger partial charge in [-0.3, -0.25) is 4.98 Å². The minimum absolute atomic E-state index is 0.547. The number of nitrogens with one attached hydrogen (secondary N) is 1. The Morgan fingerprint density at radius 2 is 1.97 bits per heavy atom. The average Bonchev–Trinajstić information content (AvgIpc) is 3.26. The Kier molecular flexibility index (Phi) is 4.34. The van der Waals surface area contributed by atoms with E-state index in [2.05, 4.69) is 26.4 Å². The van der Waals surface area contributed by atoms with E-state index in [1.807, 2.05) is 48.5 Å². The molecular formula is C24H20N6O2. The fraction of sp³-hybridized carbons (Fsp3) is 0.167. The summed E-state index contributed by atoms with van der Waals surface area (Å²) < 4.78 is 10.8. The van der Waals surface area contributed by atoms with Gasteiger partial charge in [0.05, 0.1) is 30.3 Å². The number of hydrogen-bond acceptors (Lipinski definition) is 8. The minimum Gasteiger partial charge on any atom is -0.479 e. The van der Waals surface area contributed by atoms with Gasteiger partial charge in [0.2, 0.25) is 5.95 Å². The fourth-order valence-electron chi connectivity index (χ4n) is 4.12. The molecule has 0 unspecified atom stereocenters. The molecule has 0 saturated carbocycles. The molecule has 0 amide bonds. The summed E-state index contributed by atoms with van der Waals surface area (Å²) in [6.07, 6.45) is 2.56. The van der Waals surface area contributed by atoms with E-state index < -0.39 is 0 Å².